The smallest absolute Gasteiger partial charge is 0.347 e. The van der Waals surface area contributed by atoms with E-state index < -0.39 is 11.7 Å². The van der Waals surface area contributed by atoms with Crippen LogP contribution < -0.4 is 10.6 Å². The van der Waals surface area contributed by atoms with Gasteiger partial charge in [0.25, 0.3) is 5.91 Å². The average molecular weight is 377 g/mol. The Balaban J connectivity index is 1.78. The number of anilines is 2. The summed E-state index contributed by atoms with van der Waals surface area (Å²) in [7, 11) is 0. The second kappa shape index (κ2) is 7.57. The van der Waals surface area contributed by atoms with Crippen molar-refractivity contribution in [1.29, 1.82) is 0 Å². The first-order valence-corrected chi connectivity index (χ1v) is 8.51. The van der Waals surface area contributed by atoms with E-state index >= 15 is 0 Å². The fraction of sp³-hybridized carbons (Fsp3) is 0.111. The largest absolute Gasteiger partial charge is 0.416 e. The minimum Gasteiger partial charge on any atom is -0.347 e. The first-order valence-electron chi connectivity index (χ1n) is 7.63. The molecule has 0 fully saturated rings. The second-order valence-corrected chi connectivity index (χ2v) is 6.40. The zero-order valence-corrected chi connectivity index (χ0v) is 14.2. The van der Waals surface area contributed by atoms with Gasteiger partial charge in [-0.05, 0) is 41.8 Å². The fourth-order valence-electron chi connectivity index (χ4n) is 2.27. The third-order valence-electron chi connectivity index (χ3n) is 3.51. The van der Waals surface area contributed by atoms with Crippen molar-refractivity contribution in [1.82, 2.24) is 10.3 Å². The Bertz CT molecular complexity index is 895. The maximum absolute atomic E-state index is 12.8. The average Bonchev–Trinajstić information content (AvgIpc) is 3.13. The molecular weight excluding hydrogens is 363 g/mol. The van der Waals surface area contributed by atoms with Crippen molar-refractivity contribution < 1.29 is 18.0 Å². The number of nitrogens with zero attached hydrogens (tertiary/aromatic N) is 1. The highest BCUT2D eigenvalue weighted by Crippen LogP contribution is 2.31. The monoisotopic (exact) mass is 377 g/mol. The number of amides is 1. The van der Waals surface area contributed by atoms with Crippen LogP contribution in [0, 0.1) is 0 Å². The maximum Gasteiger partial charge on any atom is 0.416 e. The van der Waals surface area contributed by atoms with Crippen LogP contribution >= 0.6 is 11.3 Å². The summed E-state index contributed by atoms with van der Waals surface area (Å²) in [5.74, 6) is -0.170. The molecule has 0 aliphatic heterocycles. The van der Waals surface area contributed by atoms with Crippen LogP contribution in [-0.4, -0.2) is 10.9 Å². The van der Waals surface area contributed by atoms with E-state index in [9.17, 15) is 18.0 Å². The van der Waals surface area contributed by atoms with Crippen LogP contribution in [0.2, 0.25) is 0 Å². The molecule has 0 radical (unpaired) electrons. The number of benzene rings is 1. The van der Waals surface area contributed by atoms with E-state index in [2.05, 4.69) is 15.6 Å². The molecule has 8 heteroatoms. The molecule has 2 N–H and O–H groups in total. The highest BCUT2D eigenvalue weighted by Gasteiger charge is 2.30. The molecule has 0 saturated carbocycles. The number of nitrogens with one attached hydrogen (secondary N) is 2. The van der Waals surface area contributed by atoms with Gasteiger partial charge in [0.2, 0.25) is 0 Å². The number of alkyl halides is 3. The Morgan fingerprint density at radius 2 is 1.96 bits per heavy atom. The van der Waals surface area contributed by atoms with Gasteiger partial charge in [-0.1, -0.05) is 12.1 Å². The number of thiophene rings is 1. The molecule has 1 aromatic carbocycles. The van der Waals surface area contributed by atoms with Crippen LogP contribution in [0.25, 0.3) is 0 Å². The number of hydrogen-bond acceptors (Lipinski definition) is 4. The molecule has 0 aliphatic carbocycles. The Kier molecular flexibility index (Phi) is 5.22. The lowest BCUT2D eigenvalue weighted by atomic mass is 10.2. The zero-order chi connectivity index (χ0) is 18.6. The first kappa shape index (κ1) is 17.9. The van der Waals surface area contributed by atoms with Crippen molar-refractivity contribution in [2.24, 2.45) is 0 Å². The summed E-state index contributed by atoms with van der Waals surface area (Å²) < 4.78 is 38.5. The molecular formula is C18H14F3N3OS. The van der Waals surface area contributed by atoms with Gasteiger partial charge in [-0.2, -0.15) is 13.2 Å². The molecule has 0 unspecified atom stereocenters. The van der Waals surface area contributed by atoms with E-state index in [0.717, 1.165) is 17.0 Å². The number of aromatic nitrogens is 1. The van der Waals surface area contributed by atoms with E-state index in [1.54, 1.807) is 12.1 Å². The fourth-order valence-corrected chi connectivity index (χ4v) is 2.92. The molecule has 2 aromatic heterocycles. The van der Waals surface area contributed by atoms with Crippen LogP contribution in [0.5, 0.6) is 0 Å². The molecule has 134 valence electrons. The summed E-state index contributed by atoms with van der Waals surface area (Å²) in [5, 5.41) is 7.47. The van der Waals surface area contributed by atoms with Gasteiger partial charge in [-0.3, -0.25) is 4.79 Å². The van der Waals surface area contributed by atoms with Crippen molar-refractivity contribution in [3.8, 4) is 0 Å². The van der Waals surface area contributed by atoms with E-state index in [4.69, 9.17) is 0 Å². The SMILES string of the molecule is O=C(NCc1cccs1)c1cccnc1Nc1cccc(C(F)(F)F)c1. The third kappa shape index (κ3) is 4.40. The predicted octanol–water partition coefficient (Wildman–Crippen LogP) is 4.84. The Morgan fingerprint density at radius 3 is 2.69 bits per heavy atom. The molecule has 0 saturated heterocycles. The standard InChI is InChI=1S/C18H14F3N3OS/c19-18(20,21)12-4-1-5-13(10-12)24-16-15(7-2-8-22-16)17(25)23-11-14-6-3-9-26-14/h1-10H,11H2,(H,22,24)(H,23,25). The Morgan fingerprint density at radius 1 is 1.12 bits per heavy atom. The quantitative estimate of drug-likeness (QED) is 0.669. The minimum atomic E-state index is -4.44. The van der Waals surface area contributed by atoms with Gasteiger partial charge < -0.3 is 10.6 Å². The summed E-state index contributed by atoms with van der Waals surface area (Å²) >= 11 is 1.52. The van der Waals surface area contributed by atoms with E-state index in [-0.39, 0.29) is 23.0 Å². The molecule has 26 heavy (non-hydrogen) atoms. The van der Waals surface area contributed by atoms with Crippen LogP contribution in [0.3, 0.4) is 0 Å². The van der Waals surface area contributed by atoms with Gasteiger partial charge in [-0.25, -0.2) is 4.98 Å². The molecule has 3 rings (SSSR count). The predicted molar refractivity (Wildman–Crippen MR) is 94.5 cm³/mol. The summed E-state index contributed by atoms with van der Waals surface area (Å²) in [4.78, 5) is 17.5. The lowest BCUT2D eigenvalue weighted by Crippen LogP contribution is -2.23. The van der Waals surface area contributed by atoms with Crippen LogP contribution in [0.1, 0.15) is 20.8 Å². The van der Waals surface area contributed by atoms with Gasteiger partial charge >= 0.3 is 6.18 Å². The summed E-state index contributed by atoms with van der Waals surface area (Å²) in [5.41, 5.74) is -0.325. The molecule has 4 nitrogen and oxygen atoms in total. The topological polar surface area (TPSA) is 54.0 Å². The number of pyridine rings is 1. The minimum absolute atomic E-state index is 0.190. The maximum atomic E-state index is 12.8. The summed E-state index contributed by atoms with van der Waals surface area (Å²) in [6.07, 6.45) is -2.98. The molecule has 0 bridgehead atoms. The lowest BCUT2D eigenvalue weighted by molar-refractivity contribution is -0.137. The third-order valence-corrected chi connectivity index (χ3v) is 4.38. The van der Waals surface area contributed by atoms with Crippen molar-refractivity contribution in [3.05, 3.63) is 76.1 Å². The summed E-state index contributed by atoms with van der Waals surface area (Å²) in [6.45, 7) is 0.369. The molecule has 3 aromatic rings. The number of carbonyl (C=O) groups excluding carboxylic acids is 1. The molecule has 0 atom stereocenters. The first-order chi connectivity index (χ1) is 12.4. The highest BCUT2D eigenvalue weighted by atomic mass is 32.1. The van der Waals surface area contributed by atoms with E-state index in [0.29, 0.717) is 6.54 Å². The van der Waals surface area contributed by atoms with Crippen molar-refractivity contribution in [2.75, 3.05) is 5.32 Å². The van der Waals surface area contributed by atoms with Crippen molar-refractivity contribution >= 4 is 28.7 Å². The second-order valence-electron chi connectivity index (χ2n) is 5.37. The molecule has 1 amide bonds. The van der Waals surface area contributed by atoms with Gasteiger partial charge in [0.1, 0.15) is 5.82 Å². The van der Waals surface area contributed by atoms with Gasteiger partial charge in [0, 0.05) is 16.8 Å². The summed E-state index contributed by atoms with van der Waals surface area (Å²) in [6, 6.07) is 11.7. The molecule has 0 spiro atoms. The van der Waals surface area contributed by atoms with Crippen molar-refractivity contribution in [3.63, 3.8) is 0 Å². The number of halogens is 3. The van der Waals surface area contributed by atoms with Crippen LogP contribution in [-0.2, 0) is 12.7 Å². The highest BCUT2D eigenvalue weighted by molar-refractivity contribution is 7.09. The Labute approximate surface area is 151 Å². The number of carbonyl (C=O) groups is 1. The Hall–Kier alpha value is -2.87. The number of rotatable bonds is 5. The zero-order valence-electron chi connectivity index (χ0n) is 13.4. The number of hydrogen-bond donors (Lipinski definition) is 2. The van der Waals surface area contributed by atoms with Crippen molar-refractivity contribution in [2.45, 2.75) is 12.7 Å². The normalized spacial score (nSPS) is 11.2. The molecule has 0 aliphatic rings. The van der Waals surface area contributed by atoms with E-state index in [1.807, 2.05) is 17.5 Å². The van der Waals surface area contributed by atoms with Gasteiger partial charge in [0.15, 0.2) is 0 Å². The lowest BCUT2D eigenvalue weighted by Gasteiger charge is -2.13. The van der Waals surface area contributed by atoms with Crippen LogP contribution in [0.15, 0.2) is 60.1 Å². The van der Waals surface area contributed by atoms with Crippen LogP contribution in [0.4, 0.5) is 24.7 Å². The van der Waals surface area contributed by atoms with Gasteiger partial charge in [-0.15, -0.1) is 11.3 Å². The van der Waals surface area contributed by atoms with Gasteiger partial charge in [0.05, 0.1) is 17.7 Å². The molecule has 2 heterocycles. The van der Waals surface area contributed by atoms with E-state index in [1.165, 1.54) is 29.7 Å².